The van der Waals surface area contributed by atoms with Crippen LogP contribution in [0.25, 0.3) is 0 Å². The topological polar surface area (TPSA) is 49.9 Å². The predicted octanol–water partition coefficient (Wildman–Crippen LogP) is 2.50. The average Bonchev–Trinajstić information content (AvgIpc) is 2.90. The van der Waals surface area contributed by atoms with Crippen molar-refractivity contribution in [3.8, 4) is 0 Å². The number of carbonyl (C=O) groups is 2. The molecule has 0 aliphatic carbocycles. The van der Waals surface area contributed by atoms with Crippen LogP contribution in [-0.4, -0.2) is 52.6 Å². The first kappa shape index (κ1) is 15.6. The lowest BCUT2D eigenvalue weighted by atomic mass is 9.84. The van der Waals surface area contributed by atoms with Gasteiger partial charge in [-0.2, -0.15) is 0 Å². The molecule has 5 nitrogen and oxygen atoms in total. The Hall–Kier alpha value is -1.26. The van der Waals surface area contributed by atoms with E-state index < -0.39 is 5.60 Å². The highest BCUT2D eigenvalue weighted by Crippen LogP contribution is 2.46. The van der Waals surface area contributed by atoms with Gasteiger partial charge in [0.05, 0.1) is 0 Å². The van der Waals surface area contributed by atoms with Gasteiger partial charge in [-0.25, -0.2) is 4.79 Å². The van der Waals surface area contributed by atoms with Crippen LogP contribution in [0.5, 0.6) is 0 Å². The standard InChI is InChI=1S/C17H28N2O3/c1-10(2)13-6-11-8-18(16(21)22-17(3,4)5)9-12-7-14(20)19(13)15(11)12/h10-13,15H,6-9H2,1-5H3/t11?,12-,13-,15+/m1/s1. The van der Waals surface area contributed by atoms with Crippen LogP contribution in [0.2, 0.25) is 0 Å². The van der Waals surface area contributed by atoms with Crippen LogP contribution < -0.4 is 0 Å². The fourth-order valence-electron chi connectivity index (χ4n) is 4.49. The van der Waals surface area contributed by atoms with Crippen LogP contribution in [0.1, 0.15) is 47.5 Å². The molecule has 0 radical (unpaired) electrons. The molecule has 3 saturated heterocycles. The molecule has 3 aliphatic heterocycles. The van der Waals surface area contributed by atoms with Crippen molar-refractivity contribution in [2.75, 3.05) is 13.1 Å². The molecule has 3 aliphatic rings. The molecule has 0 saturated carbocycles. The molecule has 0 aromatic rings. The summed E-state index contributed by atoms with van der Waals surface area (Å²) in [6.45, 7) is 11.4. The average molecular weight is 308 g/mol. The summed E-state index contributed by atoms with van der Waals surface area (Å²) in [4.78, 5) is 28.8. The number of hydrogen-bond donors (Lipinski definition) is 0. The Morgan fingerprint density at radius 2 is 1.86 bits per heavy atom. The molecule has 2 amide bonds. The summed E-state index contributed by atoms with van der Waals surface area (Å²) in [6, 6.07) is 0.685. The Morgan fingerprint density at radius 3 is 2.45 bits per heavy atom. The van der Waals surface area contributed by atoms with Crippen molar-refractivity contribution in [3.63, 3.8) is 0 Å². The van der Waals surface area contributed by atoms with Crippen LogP contribution in [0, 0.1) is 17.8 Å². The van der Waals surface area contributed by atoms with Crippen molar-refractivity contribution < 1.29 is 14.3 Å². The van der Waals surface area contributed by atoms with Gasteiger partial charge in [0.1, 0.15) is 5.60 Å². The van der Waals surface area contributed by atoms with Gasteiger partial charge in [0.15, 0.2) is 0 Å². The van der Waals surface area contributed by atoms with Crippen molar-refractivity contribution in [3.05, 3.63) is 0 Å². The second kappa shape index (κ2) is 5.14. The quantitative estimate of drug-likeness (QED) is 0.748. The van der Waals surface area contributed by atoms with Crippen LogP contribution in [-0.2, 0) is 9.53 Å². The van der Waals surface area contributed by atoms with Crippen LogP contribution >= 0.6 is 0 Å². The van der Waals surface area contributed by atoms with E-state index >= 15 is 0 Å². The number of ether oxygens (including phenoxy) is 1. The van der Waals surface area contributed by atoms with E-state index in [0.29, 0.717) is 36.9 Å². The van der Waals surface area contributed by atoms with E-state index in [1.165, 1.54) is 0 Å². The number of carbonyl (C=O) groups excluding carboxylic acids is 2. The molecular weight excluding hydrogens is 280 g/mol. The monoisotopic (exact) mass is 308 g/mol. The second-order valence-corrected chi connectivity index (χ2v) is 8.45. The molecule has 3 rings (SSSR count). The summed E-state index contributed by atoms with van der Waals surface area (Å²) in [5, 5.41) is 0. The van der Waals surface area contributed by atoms with Crippen molar-refractivity contribution in [1.82, 2.24) is 9.80 Å². The molecule has 0 bridgehead atoms. The zero-order valence-electron chi connectivity index (χ0n) is 14.3. The van der Waals surface area contributed by atoms with Gasteiger partial charge < -0.3 is 14.5 Å². The number of piperidine rings is 1. The second-order valence-electron chi connectivity index (χ2n) is 8.45. The third-order valence-electron chi connectivity index (χ3n) is 5.24. The molecule has 0 aromatic heterocycles. The number of amides is 2. The van der Waals surface area contributed by atoms with Crippen LogP contribution in [0.3, 0.4) is 0 Å². The molecule has 5 heteroatoms. The highest BCUT2D eigenvalue weighted by molar-refractivity contribution is 5.81. The molecule has 4 atom stereocenters. The van der Waals surface area contributed by atoms with E-state index in [2.05, 4.69) is 18.7 Å². The lowest BCUT2D eigenvalue weighted by Crippen LogP contribution is -2.51. The molecule has 1 unspecified atom stereocenters. The zero-order valence-corrected chi connectivity index (χ0v) is 14.3. The van der Waals surface area contributed by atoms with Gasteiger partial charge in [0, 0.05) is 37.5 Å². The SMILES string of the molecule is CC(C)[C@H]1CC2CN(C(=O)OC(C)(C)C)C[C@H]3CC(=O)N1[C@@H]23. The summed E-state index contributed by atoms with van der Waals surface area (Å²) < 4.78 is 5.52. The highest BCUT2D eigenvalue weighted by Gasteiger charge is 2.56. The third kappa shape index (κ3) is 2.59. The fraction of sp³-hybridized carbons (Fsp3) is 0.882. The van der Waals surface area contributed by atoms with Gasteiger partial charge in [-0.05, 0) is 39.0 Å². The van der Waals surface area contributed by atoms with E-state index in [1.54, 1.807) is 0 Å². The fourth-order valence-corrected chi connectivity index (χ4v) is 4.49. The van der Waals surface area contributed by atoms with E-state index in [4.69, 9.17) is 4.74 Å². The Morgan fingerprint density at radius 1 is 1.23 bits per heavy atom. The maximum atomic E-state index is 12.4. The van der Waals surface area contributed by atoms with E-state index in [9.17, 15) is 9.59 Å². The smallest absolute Gasteiger partial charge is 0.410 e. The molecule has 0 N–H and O–H groups in total. The first-order valence-corrected chi connectivity index (χ1v) is 8.46. The van der Waals surface area contributed by atoms with Gasteiger partial charge in [-0.15, -0.1) is 0 Å². The van der Waals surface area contributed by atoms with Gasteiger partial charge in [-0.1, -0.05) is 13.8 Å². The van der Waals surface area contributed by atoms with Gasteiger partial charge in [0.25, 0.3) is 0 Å². The summed E-state index contributed by atoms with van der Waals surface area (Å²) in [7, 11) is 0. The first-order chi connectivity index (χ1) is 10.2. The predicted molar refractivity (Wildman–Crippen MR) is 83.3 cm³/mol. The first-order valence-electron chi connectivity index (χ1n) is 8.46. The Balaban J connectivity index is 1.76. The minimum atomic E-state index is -0.471. The van der Waals surface area contributed by atoms with Crippen molar-refractivity contribution in [1.29, 1.82) is 0 Å². The van der Waals surface area contributed by atoms with Gasteiger partial charge >= 0.3 is 6.09 Å². The summed E-state index contributed by atoms with van der Waals surface area (Å²) >= 11 is 0. The molecule has 3 heterocycles. The molecule has 0 spiro atoms. The van der Waals surface area contributed by atoms with Crippen LogP contribution in [0.15, 0.2) is 0 Å². The Labute approximate surface area is 133 Å². The Bertz CT molecular complexity index is 483. The molecule has 124 valence electrons. The molecule has 0 aromatic carbocycles. The normalized spacial score (nSPS) is 34.4. The molecular formula is C17H28N2O3. The minimum absolute atomic E-state index is 0.232. The maximum Gasteiger partial charge on any atom is 0.410 e. The van der Waals surface area contributed by atoms with Gasteiger partial charge in [-0.3, -0.25) is 4.79 Å². The maximum absolute atomic E-state index is 12.4. The summed E-state index contributed by atoms with van der Waals surface area (Å²) in [5.74, 6) is 1.44. The highest BCUT2D eigenvalue weighted by atomic mass is 16.6. The Kier molecular flexibility index (Phi) is 3.65. The van der Waals surface area contributed by atoms with Crippen molar-refractivity contribution in [2.45, 2.75) is 65.1 Å². The molecule has 22 heavy (non-hydrogen) atoms. The van der Waals surface area contributed by atoms with Crippen molar-refractivity contribution in [2.24, 2.45) is 17.8 Å². The number of hydrogen-bond acceptors (Lipinski definition) is 3. The van der Waals surface area contributed by atoms with Crippen LogP contribution in [0.4, 0.5) is 4.79 Å². The summed E-state index contributed by atoms with van der Waals surface area (Å²) in [5.41, 5.74) is -0.471. The lowest BCUT2D eigenvalue weighted by Gasteiger charge is -2.39. The number of nitrogens with zero attached hydrogens (tertiary/aromatic N) is 2. The van der Waals surface area contributed by atoms with E-state index in [0.717, 1.165) is 13.0 Å². The van der Waals surface area contributed by atoms with E-state index in [1.807, 2.05) is 25.7 Å². The van der Waals surface area contributed by atoms with E-state index in [-0.39, 0.29) is 17.9 Å². The van der Waals surface area contributed by atoms with Gasteiger partial charge in [0.2, 0.25) is 5.91 Å². The lowest BCUT2D eigenvalue weighted by molar-refractivity contribution is -0.130. The number of likely N-dealkylation sites (tertiary alicyclic amines) is 1. The van der Waals surface area contributed by atoms with Crippen molar-refractivity contribution >= 4 is 12.0 Å². The largest absolute Gasteiger partial charge is 0.444 e. The third-order valence-corrected chi connectivity index (χ3v) is 5.24. The number of rotatable bonds is 1. The molecule has 3 fully saturated rings. The summed E-state index contributed by atoms with van der Waals surface area (Å²) in [6.07, 6.45) is 1.37. The minimum Gasteiger partial charge on any atom is -0.444 e. The zero-order chi connectivity index (χ0) is 16.2.